The van der Waals surface area contributed by atoms with Crippen LogP contribution in [0.15, 0.2) is 22.8 Å². The lowest BCUT2D eigenvalue weighted by molar-refractivity contribution is -0.0290. The van der Waals surface area contributed by atoms with E-state index >= 15 is 0 Å². The van der Waals surface area contributed by atoms with Crippen LogP contribution in [-0.4, -0.2) is 49.8 Å². The van der Waals surface area contributed by atoms with Crippen LogP contribution in [0.4, 0.5) is 4.79 Å². The number of carbonyl (C=O) groups is 1. The SMILES string of the molecule is CC(C)CN1CCOC(CNC(=O)NCc2ccco2)C1. The van der Waals surface area contributed by atoms with Crippen molar-refractivity contribution in [3.8, 4) is 0 Å². The smallest absolute Gasteiger partial charge is 0.315 e. The van der Waals surface area contributed by atoms with Gasteiger partial charge in [0.25, 0.3) is 0 Å². The number of hydrogen-bond donors (Lipinski definition) is 2. The van der Waals surface area contributed by atoms with Crippen molar-refractivity contribution < 1.29 is 13.9 Å². The van der Waals surface area contributed by atoms with Crippen LogP contribution in [0.3, 0.4) is 0 Å². The van der Waals surface area contributed by atoms with Crippen molar-refractivity contribution in [1.29, 1.82) is 0 Å². The molecule has 0 saturated carbocycles. The van der Waals surface area contributed by atoms with Gasteiger partial charge in [-0.25, -0.2) is 4.79 Å². The van der Waals surface area contributed by atoms with E-state index in [2.05, 4.69) is 29.4 Å². The Bertz CT molecular complexity index is 420. The van der Waals surface area contributed by atoms with Gasteiger partial charge in [-0.2, -0.15) is 0 Å². The maximum Gasteiger partial charge on any atom is 0.315 e. The summed E-state index contributed by atoms with van der Waals surface area (Å²) in [6.07, 6.45) is 1.65. The Morgan fingerprint density at radius 2 is 2.33 bits per heavy atom. The van der Waals surface area contributed by atoms with Crippen LogP contribution >= 0.6 is 0 Å². The molecule has 1 unspecified atom stereocenters. The zero-order valence-electron chi connectivity index (χ0n) is 12.8. The number of hydrogen-bond acceptors (Lipinski definition) is 4. The van der Waals surface area contributed by atoms with Gasteiger partial charge in [-0.1, -0.05) is 13.8 Å². The van der Waals surface area contributed by atoms with Gasteiger partial charge >= 0.3 is 6.03 Å². The first-order valence-corrected chi connectivity index (χ1v) is 7.51. The summed E-state index contributed by atoms with van der Waals surface area (Å²) in [5.41, 5.74) is 0. The minimum atomic E-state index is -0.198. The van der Waals surface area contributed by atoms with Crippen LogP contribution in [0.2, 0.25) is 0 Å². The fraction of sp³-hybridized carbons (Fsp3) is 0.667. The topological polar surface area (TPSA) is 66.7 Å². The van der Waals surface area contributed by atoms with Crippen LogP contribution < -0.4 is 10.6 Å². The molecule has 2 N–H and O–H groups in total. The molecule has 0 aliphatic carbocycles. The van der Waals surface area contributed by atoms with E-state index in [1.54, 1.807) is 12.3 Å². The third kappa shape index (κ3) is 5.77. The Morgan fingerprint density at radius 1 is 1.48 bits per heavy atom. The molecular formula is C15H25N3O3. The van der Waals surface area contributed by atoms with Crippen LogP contribution in [0.5, 0.6) is 0 Å². The molecule has 0 spiro atoms. The molecule has 1 atom stereocenters. The van der Waals surface area contributed by atoms with Crippen LogP contribution in [0.1, 0.15) is 19.6 Å². The second-order valence-electron chi connectivity index (χ2n) is 5.79. The third-order valence-electron chi connectivity index (χ3n) is 3.34. The fourth-order valence-corrected chi connectivity index (χ4v) is 2.44. The average molecular weight is 295 g/mol. The zero-order chi connectivity index (χ0) is 15.1. The summed E-state index contributed by atoms with van der Waals surface area (Å²) in [5, 5.41) is 5.60. The minimum Gasteiger partial charge on any atom is -0.467 e. The molecule has 0 aromatic carbocycles. The van der Waals surface area contributed by atoms with Crippen molar-refractivity contribution >= 4 is 6.03 Å². The second-order valence-corrected chi connectivity index (χ2v) is 5.79. The lowest BCUT2D eigenvalue weighted by Crippen LogP contribution is -2.49. The molecule has 1 fully saturated rings. The number of carbonyl (C=O) groups excluding carboxylic acids is 1. The molecule has 6 nitrogen and oxygen atoms in total. The second kappa shape index (κ2) is 8.05. The Morgan fingerprint density at radius 3 is 3.05 bits per heavy atom. The average Bonchev–Trinajstić information content (AvgIpc) is 2.96. The van der Waals surface area contributed by atoms with Gasteiger partial charge in [-0.15, -0.1) is 0 Å². The van der Waals surface area contributed by atoms with Crippen molar-refractivity contribution in [2.45, 2.75) is 26.5 Å². The summed E-state index contributed by atoms with van der Waals surface area (Å²) in [4.78, 5) is 14.1. The van der Waals surface area contributed by atoms with E-state index in [0.717, 1.165) is 32.0 Å². The minimum absolute atomic E-state index is 0.0619. The van der Waals surface area contributed by atoms with E-state index in [4.69, 9.17) is 9.15 Å². The number of morpholine rings is 1. The maximum absolute atomic E-state index is 11.7. The summed E-state index contributed by atoms with van der Waals surface area (Å²) in [6, 6.07) is 3.43. The summed E-state index contributed by atoms with van der Waals surface area (Å²) in [7, 11) is 0. The van der Waals surface area contributed by atoms with Gasteiger partial charge in [0.2, 0.25) is 0 Å². The quantitative estimate of drug-likeness (QED) is 0.833. The predicted molar refractivity (Wildman–Crippen MR) is 80.0 cm³/mol. The van der Waals surface area contributed by atoms with Gasteiger partial charge in [0, 0.05) is 26.2 Å². The summed E-state index contributed by atoms with van der Waals surface area (Å²) in [5.74, 6) is 1.38. The van der Waals surface area contributed by atoms with E-state index in [9.17, 15) is 4.79 Å². The molecule has 2 rings (SSSR count). The molecule has 6 heteroatoms. The molecule has 1 saturated heterocycles. The number of ether oxygens (including phenoxy) is 1. The van der Waals surface area contributed by atoms with E-state index in [1.807, 2.05) is 6.07 Å². The van der Waals surface area contributed by atoms with E-state index in [-0.39, 0.29) is 12.1 Å². The lowest BCUT2D eigenvalue weighted by Gasteiger charge is -2.33. The normalized spacial score (nSPS) is 19.7. The number of nitrogens with zero attached hydrogens (tertiary/aromatic N) is 1. The fourth-order valence-electron chi connectivity index (χ4n) is 2.44. The van der Waals surface area contributed by atoms with Crippen molar-refractivity contribution in [1.82, 2.24) is 15.5 Å². The third-order valence-corrected chi connectivity index (χ3v) is 3.34. The standard InChI is InChI=1S/C15H25N3O3/c1-12(2)10-18-5-7-21-14(11-18)9-17-15(19)16-8-13-4-3-6-20-13/h3-4,6,12,14H,5,7-11H2,1-2H3,(H2,16,17,19). The Kier molecular flexibility index (Phi) is 6.07. The monoisotopic (exact) mass is 295 g/mol. The zero-order valence-corrected chi connectivity index (χ0v) is 12.8. The molecule has 1 aromatic rings. The van der Waals surface area contributed by atoms with Gasteiger partial charge in [-0.05, 0) is 18.1 Å². The molecular weight excluding hydrogens is 270 g/mol. The largest absolute Gasteiger partial charge is 0.467 e. The molecule has 1 aliphatic heterocycles. The lowest BCUT2D eigenvalue weighted by atomic mass is 10.2. The van der Waals surface area contributed by atoms with Crippen molar-refractivity contribution in [2.24, 2.45) is 5.92 Å². The highest BCUT2D eigenvalue weighted by Gasteiger charge is 2.21. The number of nitrogens with one attached hydrogen (secondary N) is 2. The van der Waals surface area contributed by atoms with Crippen molar-refractivity contribution in [3.63, 3.8) is 0 Å². The van der Waals surface area contributed by atoms with Crippen molar-refractivity contribution in [2.75, 3.05) is 32.8 Å². The van der Waals surface area contributed by atoms with Crippen LogP contribution in [0, 0.1) is 5.92 Å². The van der Waals surface area contributed by atoms with Crippen LogP contribution in [0.25, 0.3) is 0 Å². The first-order chi connectivity index (χ1) is 10.1. The number of amides is 2. The number of urea groups is 1. The highest BCUT2D eigenvalue weighted by atomic mass is 16.5. The van der Waals surface area contributed by atoms with Gasteiger partial charge in [0.05, 0.1) is 25.5 Å². The van der Waals surface area contributed by atoms with Gasteiger partial charge in [-0.3, -0.25) is 4.90 Å². The van der Waals surface area contributed by atoms with Crippen LogP contribution in [-0.2, 0) is 11.3 Å². The molecule has 1 aromatic heterocycles. The highest BCUT2D eigenvalue weighted by Crippen LogP contribution is 2.07. The predicted octanol–water partition coefficient (Wildman–Crippen LogP) is 1.44. The Balaban J connectivity index is 1.63. The van der Waals surface area contributed by atoms with Gasteiger partial charge in [0.1, 0.15) is 5.76 Å². The molecule has 0 radical (unpaired) electrons. The van der Waals surface area contributed by atoms with Crippen molar-refractivity contribution in [3.05, 3.63) is 24.2 Å². The molecule has 1 aliphatic rings. The molecule has 21 heavy (non-hydrogen) atoms. The molecule has 2 heterocycles. The summed E-state index contributed by atoms with van der Waals surface area (Å²) >= 11 is 0. The molecule has 0 bridgehead atoms. The van der Waals surface area contributed by atoms with E-state index in [1.165, 1.54) is 0 Å². The van der Waals surface area contributed by atoms with E-state index in [0.29, 0.717) is 19.0 Å². The Hall–Kier alpha value is -1.53. The van der Waals surface area contributed by atoms with E-state index < -0.39 is 0 Å². The first-order valence-electron chi connectivity index (χ1n) is 7.51. The molecule has 118 valence electrons. The maximum atomic E-state index is 11.7. The molecule has 2 amide bonds. The highest BCUT2D eigenvalue weighted by molar-refractivity contribution is 5.73. The first kappa shape index (κ1) is 15.9. The van der Waals surface area contributed by atoms with Gasteiger partial charge in [0.15, 0.2) is 0 Å². The summed E-state index contributed by atoms with van der Waals surface area (Å²) < 4.78 is 10.8. The summed E-state index contributed by atoms with van der Waals surface area (Å²) in [6.45, 7) is 8.99. The van der Waals surface area contributed by atoms with Gasteiger partial charge < -0.3 is 19.8 Å². The number of furan rings is 1. The Labute approximate surface area is 125 Å². The number of rotatable bonds is 6.